The van der Waals surface area contributed by atoms with Gasteiger partial charge in [0.1, 0.15) is 5.69 Å². The summed E-state index contributed by atoms with van der Waals surface area (Å²) in [5, 5.41) is 4.27. The summed E-state index contributed by atoms with van der Waals surface area (Å²) in [5.74, 6) is 0. The standard InChI is InChI=1S/C13H14F3N3/c1-2-7-19-8-11(17)12(18-19)9-3-5-10(6-4-9)13(14,15)16/h3-6,8H,2,7,17H2,1H3. The van der Waals surface area contributed by atoms with Gasteiger partial charge in [-0.15, -0.1) is 0 Å². The molecule has 2 rings (SSSR count). The van der Waals surface area contributed by atoms with Crippen molar-refractivity contribution in [3.8, 4) is 11.3 Å². The Bertz CT molecular complexity index is 556. The second kappa shape index (κ2) is 4.95. The number of halogens is 3. The molecule has 19 heavy (non-hydrogen) atoms. The van der Waals surface area contributed by atoms with E-state index >= 15 is 0 Å². The van der Waals surface area contributed by atoms with Crippen LogP contribution in [0.25, 0.3) is 11.3 Å². The maximum absolute atomic E-state index is 12.5. The molecular weight excluding hydrogens is 255 g/mol. The largest absolute Gasteiger partial charge is 0.416 e. The molecule has 2 aromatic rings. The molecule has 0 aliphatic rings. The van der Waals surface area contributed by atoms with E-state index in [2.05, 4.69) is 5.10 Å². The second-order valence-corrected chi connectivity index (χ2v) is 4.27. The molecule has 0 aliphatic heterocycles. The summed E-state index contributed by atoms with van der Waals surface area (Å²) in [4.78, 5) is 0. The minimum atomic E-state index is -4.33. The van der Waals surface area contributed by atoms with Crippen LogP contribution in [0.5, 0.6) is 0 Å². The van der Waals surface area contributed by atoms with Gasteiger partial charge in [-0.1, -0.05) is 19.1 Å². The third kappa shape index (κ3) is 2.89. The van der Waals surface area contributed by atoms with Crippen LogP contribution in [0.1, 0.15) is 18.9 Å². The van der Waals surface area contributed by atoms with Crippen LogP contribution in [0.2, 0.25) is 0 Å². The highest BCUT2D eigenvalue weighted by atomic mass is 19.4. The Morgan fingerprint density at radius 3 is 2.37 bits per heavy atom. The molecule has 2 N–H and O–H groups in total. The lowest BCUT2D eigenvalue weighted by Crippen LogP contribution is -2.04. The fourth-order valence-electron chi connectivity index (χ4n) is 1.82. The van der Waals surface area contributed by atoms with Crippen molar-refractivity contribution in [2.75, 3.05) is 5.73 Å². The number of hydrogen-bond donors (Lipinski definition) is 1. The van der Waals surface area contributed by atoms with Gasteiger partial charge in [-0.3, -0.25) is 4.68 Å². The van der Waals surface area contributed by atoms with Gasteiger partial charge in [0.25, 0.3) is 0 Å². The van der Waals surface area contributed by atoms with Crippen LogP contribution < -0.4 is 5.73 Å². The highest BCUT2D eigenvalue weighted by molar-refractivity contribution is 5.72. The lowest BCUT2D eigenvalue weighted by Gasteiger charge is -2.06. The van der Waals surface area contributed by atoms with Gasteiger partial charge < -0.3 is 5.73 Å². The molecule has 0 fully saturated rings. The van der Waals surface area contributed by atoms with E-state index in [9.17, 15) is 13.2 Å². The highest BCUT2D eigenvalue weighted by Crippen LogP contribution is 2.31. The number of hydrogen-bond acceptors (Lipinski definition) is 2. The fraction of sp³-hybridized carbons (Fsp3) is 0.308. The van der Waals surface area contributed by atoms with Gasteiger partial charge in [0, 0.05) is 18.3 Å². The summed E-state index contributed by atoms with van der Waals surface area (Å²) in [6.45, 7) is 2.74. The third-order valence-electron chi connectivity index (χ3n) is 2.73. The zero-order valence-corrected chi connectivity index (χ0v) is 10.4. The van der Waals surface area contributed by atoms with Crippen molar-refractivity contribution >= 4 is 5.69 Å². The second-order valence-electron chi connectivity index (χ2n) is 4.27. The third-order valence-corrected chi connectivity index (χ3v) is 2.73. The molecule has 0 spiro atoms. The number of nitrogens with zero attached hydrogens (tertiary/aromatic N) is 2. The minimum Gasteiger partial charge on any atom is -0.396 e. The number of rotatable bonds is 3. The van der Waals surface area contributed by atoms with Crippen LogP contribution in [0, 0.1) is 0 Å². The molecule has 1 aromatic carbocycles. The predicted octanol–water partition coefficient (Wildman–Crippen LogP) is 3.56. The first-order valence-corrected chi connectivity index (χ1v) is 5.92. The first-order valence-electron chi connectivity index (χ1n) is 5.92. The Hall–Kier alpha value is -1.98. The van der Waals surface area contributed by atoms with Crippen LogP contribution >= 0.6 is 0 Å². The Morgan fingerprint density at radius 2 is 1.84 bits per heavy atom. The smallest absolute Gasteiger partial charge is 0.396 e. The van der Waals surface area contributed by atoms with Gasteiger partial charge in [0.15, 0.2) is 0 Å². The van der Waals surface area contributed by atoms with Gasteiger partial charge >= 0.3 is 6.18 Å². The minimum absolute atomic E-state index is 0.466. The van der Waals surface area contributed by atoms with Crippen LogP contribution in [0.3, 0.4) is 0 Å². The topological polar surface area (TPSA) is 43.8 Å². The number of nitrogens with two attached hydrogens (primary N) is 1. The average Bonchev–Trinajstić information content (AvgIpc) is 2.70. The molecule has 3 nitrogen and oxygen atoms in total. The van der Waals surface area contributed by atoms with Gasteiger partial charge in [-0.05, 0) is 18.6 Å². The molecule has 1 heterocycles. The van der Waals surface area contributed by atoms with Crippen molar-refractivity contribution in [2.45, 2.75) is 26.1 Å². The number of aromatic nitrogens is 2. The van der Waals surface area contributed by atoms with Crippen molar-refractivity contribution in [1.29, 1.82) is 0 Å². The molecule has 0 amide bonds. The molecule has 1 aromatic heterocycles. The van der Waals surface area contributed by atoms with E-state index in [-0.39, 0.29) is 0 Å². The van der Waals surface area contributed by atoms with Crippen molar-refractivity contribution in [1.82, 2.24) is 9.78 Å². The lowest BCUT2D eigenvalue weighted by molar-refractivity contribution is -0.137. The van der Waals surface area contributed by atoms with E-state index in [0.717, 1.165) is 25.1 Å². The quantitative estimate of drug-likeness (QED) is 0.925. The van der Waals surface area contributed by atoms with E-state index < -0.39 is 11.7 Å². The number of benzene rings is 1. The number of alkyl halides is 3. The summed E-state index contributed by atoms with van der Waals surface area (Å²) < 4.78 is 39.1. The maximum atomic E-state index is 12.5. The fourth-order valence-corrected chi connectivity index (χ4v) is 1.82. The van der Waals surface area contributed by atoms with Gasteiger partial charge in [0.2, 0.25) is 0 Å². The summed E-state index contributed by atoms with van der Waals surface area (Å²) in [5.41, 5.74) is 6.71. The molecule has 0 atom stereocenters. The van der Waals surface area contributed by atoms with Gasteiger partial charge in [-0.25, -0.2) is 0 Å². The SMILES string of the molecule is CCCn1cc(N)c(-c2ccc(C(F)(F)F)cc2)n1. The van der Waals surface area contributed by atoms with Crippen molar-refractivity contribution in [3.63, 3.8) is 0 Å². The van der Waals surface area contributed by atoms with Gasteiger partial charge in [-0.2, -0.15) is 18.3 Å². The van der Waals surface area contributed by atoms with E-state index in [1.54, 1.807) is 10.9 Å². The van der Waals surface area contributed by atoms with Crippen LogP contribution in [-0.2, 0) is 12.7 Å². The number of anilines is 1. The summed E-state index contributed by atoms with van der Waals surface area (Å²) in [6.07, 6.45) is -1.73. The Balaban J connectivity index is 2.32. The lowest BCUT2D eigenvalue weighted by atomic mass is 10.1. The summed E-state index contributed by atoms with van der Waals surface area (Å²) >= 11 is 0. The molecule has 0 saturated carbocycles. The molecule has 0 unspecified atom stereocenters. The Morgan fingerprint density at radius 1 is 1.21 bits per heavy atom. The maximum Gasteiger partial charge on any atom is 0.416 e. The van der Waals surface area contributed by atoms with E-state index in [0.29, 0.717) is 16.9 Å². The molecule has 6 heteroatoms. The summed E-state index contributed by atoms with van der Waals surface area (Å²) in [7, 11) is 0. The average molecular weight is 269 g/mol. The first kappa shape index (κ1) is 13.5. The molecular formula is C13H14F3N3. The molecule has 0 bridgehead atoms. The highest BCUT2D eigenvalue weighted by Gasteiger charge is 2.30. The molecule has 0 radical (unpaired) electrons. The van der Waals surface area contributed by atoms with Crippen LogP contribution in [0.4, 0.5) is 18.9 Å². The van der Waals surface area contributed by atoms with Crippen molar-refractivity contribution in [3.05, 3.63) is 36.0 Å². The number of nitrogen functional groups attached to an aromatic ring is 1. The van der Waals surface area contributed by atoms with Crippen molar-refractivity contribution in [2.24, 2.45) is 0 Å². The molecule has 0 saturated heterocycles. The normalized spacial score (nSPS) is 11.8. The first-order chi connectivity index (χ1) is 8.91. The van der Waals surface area contributed by atoms with Gasteiger partial charge in [0.05, 0.1) is 11.3 Å². The van der Waals surface area contributed by atoms with E-state index in [1.807, 2.05) is 6.92 Å². The van der Waals surface area contributed by atoms with Crippen LogP contribution in [-0.4, -0.2) is 9.78 Å². The zero-order valence-electron chi connectivity index (χ0n) is 10.4. The van der Waals surface area contributed by atoms with E-state index in [1.165, 1.54) is 12.1 Å². The zero-order chi connectivity index (χ0) is 14.0. The van der Waals surface area contributed by atoms with E-state index in [4.69, 9.17) is 5.73 Å². The Labute approximate surface area is 108 Å². The number of aryl methyl sites for hydroxylation is 1. The molecule has 102 valence electrons. The van der Waals surface area contributed by atoms with Crippen LogP contribution in [0.15, 0.2) is 30.5 Å². The molecule has 0 aliphatic carbocycles. The predicted molar refractivity (Wildman–Crippen MR) is 67.4 cm³/mol. The Kier molecular flexibility index (Phi) is 3.50. The van der Waals surface area contributed by atoms with Crippen molar-refractivity contribution < 1.29 is 13.2 Å². The summed E-state index contributed by atoms with van der Waals surface area (Å²) in [6, 6.07) is 4.84. The monoisotopic (exact) mass is 269 g/mol.